The van der Waals surface area contributed by atoms with Crippen molar-refractivity contribution in [3.05, 3.63) is 12.7 Å². The quantitative estimate of drug-likeness (QED) is 0.362. The van der Waals surface area contributed by atoms with Gasteiger partial charge >= 0.3 is 5.97 Å². The van der Waals surface area contributed by atoms with Gasteiger partial charge in [-0.1, -0.05) is 26.8 Å². The highest BCUT2D eigenvalue weighted by molar-refractivity contribution is 6.74. The van der Waals surface area contributed by atoms with Crippen LogP contribution in [0.3, 0.4) is 0 Å². The summed E-state index contributed by atoms with van der Waals surface area (Å²) in [6.45, 7) is 17.9. The summed E-state index contributed by atoms with van der Waals surface area (Å²) in [6.07, 6.45) is 1.12. The molecular weight excluding hydrogens is 308 g/mol. The summed E-state index contributed by atoms with van der Waals surface area (Å²) >= 11 is 0. The molecule has 1 rings (SSSR count). The van der Waals surface area contributed by atoms with Crippen molar-refractivity contribution < 1.29 is 19.1 Å². The van der Waals surface area contributed by atoms with Gasteiger partial charge in [0.15, 0.2) is 13.9 Å². The van der Waals surface area contributed by atoms with Crippen molar-refractivity contribution in [3.63, 3.8) is 0 Å². The van der Waals surface area contributed by atoms with Crippen LogP contribution < -0.4 is 0 Å². The van der Waals surface area contributed by atoms with Crippen LogP contribution in [0.4, 0.5) is 0 Å². The first kappa shape index (κ1) is 20.0. The average molecular weight is 339 g/mol. The van der Waals surface area contributed by atoms with E-state index in [0.29, 0.717) is 0 Å². The third kappa shape index (κ3) is 3.40. The third-order valence-electron chi connectivity index (χ3n) is 5.31. The molecule has 1 heterocycles. The van der Waals surface area contributed by atoms with E-state index >= 15 is 0 Å². The van der Waals surface area contributed by atoms with Crippen LogP contribution in [-0.2, 0) is 14.0 Å². The first-order valence-corrected chi connectivity index (χ1v) is 10.9. The predicted molar refractivity (Wildman–Crippen MR) is 94.3 cm³/mol. The maximum atomic E-state index is 12.4. The van der Waals surface area contributed by atoms with Crippen molar-refractivity contribution in [3.8, 4) is 11.8 Å². The highest BCUT2D eigenvalue weighted by Gasteiger charge is 2.63. The second-order valence-corrected chi connectivity index (χ2v) is 12.7. The van der Waals surface area contributed by atoms with Crippen LogP contribution in [-0.4, -0.2) is 37.7 Å². The largest absolute Gasteiger partial charge is 0.462 e. The second kappa shape index (κ2) is 6.43. The number of carbonyl (C=O) groups is 1. The summed E-state index contributed by atoms with van der Waals surface area (Å²) < 4.78 is 11.6. The molecule has 1 saturated heterocycles. The molecule has 0 aromatic heterocycles. The molecule has 130 valence electrons. The molecule has 23 heavy (non-hydrogen) atoms. The number of hydrogen-bond acceptors (Lipinski definition) is 4. The molecule has 1 aliphatic rings. The zero-order valence-corrected chi connectivity index (χ0v) is 16.4. The molecule has 0 amide bonds. The number of rotatable bonds is 5. The van der Waals surface area contributed by atoms with Crippen LogP contribution >= 0.6 is 0 Å². The second-order valence-electron chi connectivity index (χ2n) is 7.96. The van der Waals surface area contributed by atoms with Crippen LogP contribution in [0.15, 0.2) is 12.7 Å². The predicted octanol–water partition coefficient (Wildman–Crippen LogP) is 3.27. The van der Waals surface area contributed by atoms with Crippen molar-refractivity contribution in [1.82, 2.24) is 0 Å². The monoisotopic (exact) mass is 338 g/mol. The van der Waals surface area contributed by atoms with Crippen LogP contribution in [0, 0.1) is 17.3 Å². The summed E-state index contributed by atoms with van der Waals surface area (Å²) in [5, 5.41) is 11.2. The average Bonchev–Trinajstić information content (AvgIpc) is 2.68. The Hall–Kier alpha value is -1.09. The maximum absolute atomic E-state index is 12.4. The van der Waals surface area contributed by atoms with Crippen molar-refractivity contribution >= 4 is 14.3 Å². The molecule has 1 N–H and O–H groups in total. The maximum Gasteiger partial charge on any atom is 0.341 e. The Morgan fingerprint density at radius 3 is 2.52 bits per heavy atom. The molecule has 3 atom stereocenters. The lowest BCUT2D eigenvalue weighted by Gasteiger charge is -2.45. The lowest BCUT2D eigenvalue weighted by Crippen LogP contribution is -2.60. The van der Waals surface area contributed by atoms with E-state index in [1.165, 1.54) is 0 Å². The summed E-state index contributed by atoms with van der Waals surface area (Å²) in [7, 11) is -2.21. The van der Waals surface area contributed by atoms with Gasteiger partial charge in [-0.3, -0.25) is 0 Å². The normalized spacial score (nSPS) is 29.5. The molecule has 0 aromatic carbocycles. The molecule has 0 aromatic rings. The van der Waals surface area contributed by atoms with Crippen molar-refractivity contribution in [2.45, 2.75) is 70.9 Å². The first-order chi connectivity index (χ1) is 10.4. The first-order valence-electron chi connectivity index (χ1n) is 7.96. The zero-order valence-electron chi connectivity index (χ0n) is 15.4. The number of cyclic esters (lactones) is 1. The van der Waals surface area contributed by atoms with Crippen molar-refractivity contribution in [2.75, 3.05) is 6.61 Å². The fraction of sp³-hybridized carbons (Fsp3) is 0.722. The Morgan fingerprint density at radius 1 is 1.52 bits per heavy atom. The van der Waals surface area contributed by atoms with E-state index in [1.54, 1.807) is 19.9 Å². The Kier molecular flexibility index (Phi) is 5.57. The Balaban J connectivity index is 3.32. The van der Waals surface area contributed by atoms with E-state index in [1.807, 2.05) is 0 Å². The zero-order chi connectivity index (χ0) is 18.1. The summed E-state index contributed by atoms with van der Waals surface area (Å²) in [4.78, 5) is 12.4. The SMILES string of the molecule is C=C[C@]1(C)COC(=O)[C@]1(O)[C@@H](CC#CC)O[Si](C)(C)C(C)(C)C. The number of hydrogen-bond donors (Lipinski definition) is 1. The van der Waals surface area contributed by atoms with E-state index in [0.717, 1.165) is 0 Å². The van der Waals surface area contributed by atoms with Gasteiger partial charge < -0.3 is 14.3 Å². The van der Waals surface area contributed by atoms with Crippen LogP contribution in [0.5, 0.6) is 0 Å². The van der Waals surface area contributed by atoms with Gasteiger partial charge in [-0.25, -0.2) is 4.79 Å². The molecular formula is C18H30O4Si. The molecule has 4 nitrogen and oxygen atoms in total. The standard InChI is InChI=1S/C18H30O4Si/c1-9-11-12-14(22-23(7,8)16(3,4)5)18(20)15(19)21-13-17(18,6)10-2/h10,14,20H,2,12-13H2,1,3-8H3/t14-,17-,18-/m1/s1. The van der Waals surface area contributed by atoms with Gasteiger partial charge in [0.1, 0.15) is 6.61 Å². The molecule has 0 radical (unpaired) electrons. The van der Waals surface area contributed by atoms with Crippen molar-refractivity contribution in [1.29, 1.82) is 0 Å². The third-order valence-corrected chi connectivity index (χ3v) is 9.79. The molecule has 5 heteroatoms. The van der Waals surface area contributed by atoms with Crippen LogP contribution in [0.2, 0.25) is 18.1 Å². The van der Waals surface area contributed by atoms with E-state index in [4.69, 9.17) is 9.16 Å². The number of aliphatic hydroxyl groups is 1. The smallest absolute Gasteiger partial charge is 0.341 e. The Labute approximate surface area is 141 Å². The van der Waals surface area contributed by atoms with Crippen molar-refractivity contribution in [2.24, 2.45) is 5.41 Å². The van der Waals surface area contributed by atoms with Crippen LogP contribution in [0.25, 0.3) is 0 Å². The lowest BCUT2D eigenvalue weighted by molar-refractivity contribution is -0.167. The topological polar surface area (TPSA) is 55.8 Å². The van der Waals surface area contributed by atoms with Gasteiger partial charge in [0.05, 0.1) is 11.5 Å². The van der Waals surface area contributed by atoms with Crippen LogP contribution in [0.1, 0.15) is 41.0 Å². The minimum absolute atomic E-state index is 0.0473. The van der Waals surface area contributed by atoms with Gasteiger partial charge in [-0.15, -0.1) is 18.4 Å². The minimum Gasteiger partial charge on any atom is -0.462 e. The van der Waals surface area contributed by atoms with Gasteiger partial charge in [0, 0.05) is 6.42 Å². The number of carbonyl (C=O) groups excluding carboxylic acids is 1. The minimum atomic E-state index is -2.21. The molecule has 1 fully saturated rings. The highest BCUT2D eigenvalue weighted by Crippen LogP contribution is 2.46. The Morgan fingerprint density at radius 2 is 2.09 bits per heavy atom. The molecule has 0 spiro atoms. The molecule has 1 aliphatic heterocycles. The van der Waals surface area contributed by atoms with E-state index < -0.39 is 31.4 Å². The Bertz CT molecular complexity index is 537. The highest BCUT2D eigenvalue weighted by atomic mass is 28.4. The fourth-order valence-corrected chi connectivity index (χ4v) is 3.70. The molecule has 0 saturated carbocycles. The molecule has 0 aliphatic carbocycles. The lowest BCUT2D eigenvalue weighted by atomic mass is 9.72. The number of ether oxygens (including phenoxy) is 1. The van der Waals surface area contributed by atoms with Gasteiger partial charge in [-0.05, 0) is 32.0 Å². The van der Waals surface area contributed by atoms with Gasteiger partial charge in [0.25, 0.3) is 0 Å². The van der Waals surface area contributed by atoms with E-state index in [2.05, 4.69) is 52.3 Å². The molecule has 0 bridgehead atoms. The summed E-state index contributed by atoms with van der Waals surface area (Å²) in [6, 6.07) is 0. The van der Waals surface area contributed by atoms with E-state index in [9.17, 15) is 9.90 Å². The van der Waals surface area contributed by atoms with Gasteiger partial charge in [0.2, 0.25) is 0 Å². The fourth-order valence-electron chi connectivity index (χ4n) is 2.38. The van der Waals surface area contributed by atoms with Gasteiger partial charge in [-0.2, -0.15) is 0 Å². The molecule has 0 unspecified atom stereocenters. The van der Waals surface area contributed by atoms with E-state index in [-0.39, 0.29) is 18.1 Å². The summed E-state index contributed by atoms with van der Waals surface area (Å²) in [5.74, 6) is 5.12. The summed E-state index contributed by atoms with van der Waals surface area (Å²) in [5.41, 5.74) is -2.67. The number of esters is 1.